The Hall–Kier alpha value is -4.95. The van der Waals surface area contributed by atoms with Crippen molar-refractivity contribution in [1.29, 1.82) is 0 Å². The third-order valence-electron chi connectivity index (χ3n) is 10.6. The van der Waals surface area contributed by atoms with Crippen LogP contribution >= 0.6 is 0 Å². The van der Waals surface area contributed by atoms with Gasteiger partial charge in [-0.25, -0.2) is 4.79 Å². The Kier molecular flexibility index (Phi) is 9.94. The molecule has 4 heterocycles. The van der Waals surface area contributed by atoms with Gasteiger partial charge in [-0.2, -0.15) is 23.4 Å². The molecular weight excluding hydrogens is 691 g/mol. The molecule has 2 aromatic heterocycles. The van der Waals surface area contributed by atoms with Crippen LogP contribution in [-0.4, -0.2) is 78.9 Å². The van der Waals surface area contributed by atoms with E-state index >= 15 is 0 Å². The van der Waals surface area contributed by atoms with E-state index in [1.165, 1.54) is 17.7 Å². The van der Waals surface area contributed by atoms with Crippen LogP contribution in [-0.2, 0) is 23.9 Å². The maximum absolute atomic E-state index is 12.6. The molecule has 0 radical (unpaired) electrons. The van der Waals surface area contributed by atoms with E-state index in [4.69, 9.17) is 5.73 Å². The Morgan fingerprint density at radius 3 is 1.58 bits per heavy atom. The van der Waals surface area contributed by atoms with Crippen molar-refractivity contribution in [3.05, 3.63) is 59.9 Å². The van der Waals surface area contributed by atoms with Crippen LogP contribution in [0.3, 0.4) is 0 Å². The summed E-state index contributed by atoms with van der Waals surface area (Å²) in [6, 6.07) is 12.4. The first-order chi connectivity index (χ1) is 25.2. The lowest BCUT2D eigenvalue weighted by atomic mass is 9.89. The van der Waals surface area contributed by atoms with Crippen molar-refractivity contribution in [2.75, 3.05) is 19.7 Å². The zero-order valence-electron chi connectivity index (χ0n) is 29.8. The molecule has 2 aromatic carbocycles. The van der Waals surface area contributed by atoms with Gasteiger partial charge in [0.2, 0.25) is 0 Å². The van der Waals surface area contributed by atoms with E-state index in [2.05, 4.69) is 40.2 Å². The zero-order chi connectivity index (χ0) is 37.6. The Morgan fingerprint density at radius 2 is 1.17 bits per heavy atom. The van der Waals surface area contributed by atoms with Gasteiger partial charge in [-0.05, 0) is 86.5 Å². The Morgan fingerprint density at radius 1 is 0.717 bits per heavy atom. The van der Waals surface area contributed by atoms with Crippen LogP contribution in [0.5, 0.6) is 0 Å². The van der Waals surface area contributed by atoms with Crippen molar-refractivity contribution in [2.24, 2.45) is 17.6 Å². The number of ether oxygens (including phenoxy) is 1. The smallest absolute Gasteiger partial charge is 0.422 e. The highest BCUT2D eigenvalue weighted by molar-refractivity contribution is 6.34. The first kappa shape index (κ1) is 36.4. The quantitative estimate of drug-likeness (QED) is 0.198. The van der Waals surface area contributed by atoms with Crippen molar-refractivity contribution in [1.82, 2.24) is 29.4 Å². The van der Waals surface area contributed by atoms with E-state index in [1.54, 1.807) is 4.90 Å². The van der Waals surface area contributed by atoms with E-state index in [9.17, 15) is 32.3 Å². The predicted molar refractivity (Wildman–Crippen MR) is 188 cm³/mol. The summed E-state index contributed by atoms with van der Waals surface area (Å²) in [5.74, 6) is -3.45. The van der Waals surface area contributed by atoms with Crippen molar-refractivity contribution >= 4 is 45.5 Å². The number of primary amides is 1. The molecule has 4 fully saturated rings. The molecular formula is C38H44F3N7O5. The fraction of sp³-hybridized carbons (Fsp3) is 0.526. The summed E-state index contributed by atoms with van der Waals surface area (Å²) < 4.78 is 45.2. The molecule has 2 aliphatic heterocycles. The Bertz CT molecular complexity index is 2030. The average molecular weight is 736 g/mol. The second-order valence-corrected chi connectivity index (χ2v) is 15.2. The highest BCUT2D eigenvalue weighted by Crippen LogP contribution is 2.39. The van der Waals surface area contributed by atoms with Gasteiger partial charge in [-0.1, -0.05) is 38.1 Å². The summed E-state index contributed by atoms with van der Waals surface area (Å²) in [6.07, 6.45) is 7.38. The standard InChI is InChI=1S/C20H22F3N3O3.C18H22N4O2/c1-12-2-7-17(25(9-12)18(27)19(28)29-11-20(21,22)23)13-3-4-14-10-26(15-5-6-15)24-16(14)8-13;1-11-2-7-16(21(9-11)18(24)17(19)23)12-3-4-13-10-22(14-5-6-14)20-15(13)8-12/h3-4,8,10,12,15,17H,2,5-7,9,11H2,1H3;3-4,8,10-11,14,16H,2,5-7,9H2,1H3,(H2,19,23). The van der Waals surface area contributed by atoms with E-state index < -0.39 is 42.5 Å². The van der Waals surface area contributed by atoms with E-state index in [-0.39, 0.29) is 12.0 Å². The number of benzene rings is 2. The van der Waals surface area contributed by atoms with Crippen molar-refractivity contribution in [3.8, 4) is 0 Å². The molecule has 2 saturated carbocycles. The monoisotopic (exact) mass is 735 g/mol. The summed E-state index contributed by atoms with van der Waals surface area (Å²) in [7, 11) is 0. The van der Waals surface area contributed by atoms with Gasteiger partial charge in [0, 0.05) is 36.3 Å². The highest BCUT2D eigenvalue weighted by atomic mass is 19.4. The lowest BCUT2D eigenvalue weighted by molar-refractivity contribution is -0.190. The first-order valence-electron chi connectivity index (χ1n) is 18.4. The summed E-state index contributed by atoms with van der Waals surface area (Å²) in [5, 5.41) is 11.4. The number of carbonyl (C=O) groups is 4. The predicted octanol–water partition coefficient (Wildman–Crippen LogP) is 5.93. The number of rotatable bonds is 5. The first-order valence-corrected chi connectivity index (χ1v) is 18.4. The number of hydrogen-bond donors (Lipinski definition) is 1. The number of hydrogen-bond acceptors (Lipinski definition) is 7. The maximum atomic E-state index is 12.6. The number of nitrogens with two attached hydrogens (primary N) is 1. The molecule has 4 unspecified atom stereocenters. The van der Waals surface area contributed by atoms with Gasteiger partial charge in [0.05, 0.1) is 35.2 Å². The third kappa shape index (κ3) is 8.33. The van der Waals surface area contributed by atoms with Crippen LogP contribution in [0.1, 0.15) is 101 Å². The topological polar surface area (TPSA) is 146 Å². The van der Waals surface area contributed by atoms with E-state index in [0.717, 1.165) is 65.0 Å². The minimum absolute atomic E-state index is 0.100. The van der Waals surface area contributed by atoms with Crippen LogP contribution in [0.2, 0.25) is 0 Å². The number of esters is 1. The number of likely N-dealkylation sites (tertiary alicyclic amines) is 2. The molecule has 15 heteroatoms. The molecule has 0 bridgehead atoms. The van der Waals surface area contributed by atoms with Gasteiger partial charge in [-0.3, -0.25) is 23.7 Å². The molecule has 3 amide bonds. The molecule has 0 spiro atoms. The summed E-state index contributed by atoms with van der Waals surface area (Å²) in [5.41, 5.74) is 8.85. The SMILES string of the molecule is CC1CCC(c2ccc3cn(C4CC4)nc3c2)N(C(=O)C(=O)OCC(F)(F)F)C1.CC1CCC(c2ccc3cn(C4CC4)nc3c2)N(C(=O)C(N)=O)C1. The summed E-state index contributed by atoms with van der Waals surface area (Å²) in [4.78, 5) is 51.1. The van der Waals surface area contributed by atoms with Gasteiger partial charge in [-0.15, -0.1) is 0 Å². The zero-order valence-corrected chi connectivity index (χ0v) is 29.8. The molecule has 4 atom stereocenters. The number of halogens is 3. The lowest BCUT2D eigenvalue weighted by Crippen LogP contribution is -2.46. The van der Waals surface area contributed by atoms with Crippen LogP contribution in [0.15, 0.2) is 48.8 Å². The number of piperidine rings is 2. The number of carbonyl (C=O) groups excluding carboxylic acids is 4. The van der Waals surface area contributed by atoms with Crippen molar-refractivity contribution in [2.45, 2.75) is 95.6 Å². The molecule has 2 saturated heterocycles. The summed E-state index contributed by atoms with van der Waals surface area (Å²) >= 11 is 0. The Labute approximate surface area is 304 Å². The number of alkyl halides is 3. The van der Waals surface area contributed by atoms with Crippen LogP contribution in [0.4, 0.5) is 13.2 Å². The van der Waals surface area contributed by atoms with Crippen LogP contribution < -0.4 is 5.73 Å². The van der Waals surface area contributed by atoms with E-state index in [0.29, 0.717) is 37.5 Å². The van der Waals surface area contributed by atoms with Crippen LogP contribution in [0.25, 0.3) is 21.8 Å². The number of aromatic nitrogens is 4. The fourth-order valence-corrected chi connectivity index (χ4v) is 7.49. The normalized spacial score (nSPS) is 23.4. The van der Waals surface area contributed by atoms with Gasteiger partial charge >= 0.3 is 29.9 Å². The minimum atomic E-state index is -4.67. The number of fused-ring (bicyclic) bond motifs is 2. The molecule has 8 rings (SSSR count). The maximum Gasteiger partial charge on any atom is 0.422 e. The molecule has 12 nitrogen and oxygen atoms in total. The van der Waals surface area contributed by atoms with Gasteiger partial charge in [0.1, 0.15) is 0 Å². The minimum Gasteiger partial charge on any atom is -0.449 e. The highest BCUT2D eigenvalue weighted by Gasteiger charge is 2.38. The van der Waals surface area contributed by atoms with E-state index in [1.807, 2.05) is 46.7 Å². The molecule has 4 aliphatic rings. The largest absolute Gasteiger partial charge is 0.449 e. The van der Waals surface area contributed by atoms with Gasteiger partial charge in [0.15, 0.2) is 6.61 Å². The molecule has 2 N–H and O–H groups in total. The number of amides is 3. The van der Waals surface area contributed by atoms with Crippen LogP contribution in [0, 0.1) is 11.8 Å². The molecule has 282 valence electrons. The second kappa shape index (κ2) is 14.5. The third-order valence-corrected chi connectivity index (χ3v) is 10.6. The number of nitrogens with zero attached hydrogens (tertiary/aromatic N) is 6. The Balaban J connectivity index is 0.000000167. The van der Waals surface area contributed by atoms with Gasteiger partial charge < -0.3 is 20.3 Å². The molecule has 4 aromatic rings. The average Bonchev–Trinajstić information content (AvgIpc) is 4.07. The summed E-state index contributed by atoms with van der Waals surface area (Å²) in [6.45, 7) is 3.13. The van der Waals surface area contributed by atoms with Crippen molar-refractivity contribution in [3.63, 3.8) is 0 Å². The molecule has 2 aliphatic carbocycles. The van der Waals surface area contributed by atoms with Crippen molar-refractivity contribution < 1.29 is 37.1 Å². The van der Waals surface area contributed by atoms with Gasteiger partial charge in [0.25, 0.3) is 0 Å². The fourth-order valence-electron chi connectivity index (χ4n) is 7.49. The molecule has 53 heavy (non-hydrogen) atoms. The lowest BCUT2D eigenvalue weighted by Gasteiger charge is -2.38. The second-order valence-electron chi connectivity index (χ2n) is 15.2.